The maximum Gasteiger partial charge on any atom is 0.223 e. The predicted molar refractivity (Wildman–Crippen MR) is 108 cm³/mol. The van der Waals surface area contributed by atoms with E-state index in [4.69, 9.17) is 11.6 Å². The number of Topliss-reactive ketones (excluding diaryl/α,β-unsaturated/α-hetero) is 1. The molecular formula is C21H22ClNO2S. The van der Waals surface area contributed by atoms with Gasteiger partial charge in [-0.3, -0.25) is 9.59 Å². The van der Waals surface area contributed by atoms with Crippen LogP contribution in [-0.2, 0) is 4.79 Å². The van der Waals surface area contributed by atoms with E-state index in [1.165, 1.54) is 0 Å². The van der Waals surface area contributed by atoms with Gasteiger partial charge in [0.1, 0.15) is 0 Å². The van der Waals surface area contributed by atoms with Crippen LogP contribution in [0.2, 0.25) is 5.02 Å². The van der Waals surface area contributed by atoms with Gasteiger partial charge in [-0.2, -0.15) is 11.8 Å². The summed E-state index contributed by atoms with van der Waals surface area (Å²) in [6.07, 6.45) is 1.42. The maximum absolute atomic E-state index is 12.5. The lowest BCUT2D eigenvalue weighted by Gasteiger charge is -2.20. The zero-order chi connectivity index (χ0) is 18.4. The zero-order valence-corrected chi connectivity index (χ0v) is 16.1. The first-order valence-electron chi connectivity index (χ1n) is 8.87. The number of thioether (sulfide) groups is 1. The van der Waals surface area contributed by atoms with Crippen LogP contribution in [0.1, 0.15) is 40.4 Å². The molecule has 1 fully saturated rings. The second-order valence-corrected chi connectivity index (χ2v) is 8.06. The van der Waals surface area contributed by atoms with Gasteiger partial charge < -0.3 is 4.90 Å². The van der Waals surface area contributed by atoms with Crippen molar-refractivity contribution >= 4 is 35.1 Å². The van der Waals surface area contributed by atoms with Gasteiger partial charge in [0.15, 0.2) is 5.78 Å². The number of carbonyl (C=O) groups excluding carboxylic acids is 2. The number of ketones is 1. The second-order valence-electron chi connectivity index (χ2n) is 6.34. The summed E-state index contributed by atoms with van der Waals surface area (Å²) >= 11 is 8.17. The van der Waals surface area contributed by atoms with E-state index < -0.39 is 0 Å². The van der Waals surface area contributed by atoms with E-state index in [-0.39, 0.29) is 24.5 Å². The molecule has 0 unspecified atom stereocenters. The average Bonchev–Trinajstić information content (AvgIpc) is 2.93. The van der Waals surface area contributed by atoms with Crippen LogP contribution < -0.4 is 0 Å². The van der Waals surface area contributed by atoms with E-state index in [9.17, 15) is 9.59 Å². The Morgan fingerprint density at radius 3 is 2.50 bits per heavy atom. The lowest BCUT2D eigenvalue weighted by molar-refractivity contribution is -0.130. The van der Waals surface area contributed by atoms with Crippen LogP contribution in [0.25, 0.3) is 0 Å². The number of nitrogens with zero attached hydrogens (tertiary/aromatic N) is 1. The Kier molecular flexibility index (Phi) is 6.75. The normalized spacial score (nSPS) is 17.6. The Labute approximate surface area is 163 Å². The molecule has 5 heteroatoms. The molecule has 136 valence electrons. The minimum atomic E-state index is 0.0251. The Morgan fingerprint density at radius 1 is 1.00 bits per heavy atom. The molecule has 0 aliphatic carbocycles. The number of rotatable bonds is 5. The largest absolute Gasteiger partial charge is 0.342 e. The fourth-order valence-electron chi connectivity index (χ4n) is 3.15. The SMILES string of the molecule is O=C(CCC(=O)N1CCS[C@H](c2ccccc2Cl)CC1)c1ccccc1. The molecule has 0 radical (unpaired) electrons. The number of amides is 1. The van der Waals surface area contributed by atoms with Crippen LogP contribution in [0.15, 0.2) is 54.6 Å². The van der Waals surface area contributed by atoms with Crippen molar-refractivity contribution < 1.29 is 9.59 Å². The maximum atomic E-state index is 12.5. The lowest BCUT2D eigenvalue weighted by Crippen LogP contribution is -2.33. The third-order valence-electron chi connectivity index (χ3n) is 4.61. The van der Waals surface area contributed by atoms with Crippen molar-refractivity contribution in [3.05, 3.63) is 70.7 Å². The smallest absolute Gasteiger partial charge is 0.223 e. The van der Waals surface area contributed by atoms with Crippen molar-refractivity contribution in [2.24, 2.45) is 0 Å². The van der Waals surface area contributed by atoms with Gasteiger partial charge in [-0.1, -0.05) is 60.1 Å². The summed E-state index contributed by atoms with van der Waals surface area (Å²) in [5.74, 6) is 0.973. The number of hydrogen-bond donors (Lipinski definition) is 0. The van der Waals surface area contributed by atoms with Gasteiger partial charge >= 0.3 is 0 Å². The third kappa shape index (κ3) is 4.89. The molecule has 2 aromatic carbocycles. The predicted octanol–water partition coefficient (Wildman–Crippen LogP) is 5.01. The van der Waals surface area contributed by atoms with Crippen molar-refractivity contribution in [1.29, 1.82) is 0 Å². The van der Waals surface area contributed by atoms with Gasteiger partial charge in [-0.15, -0.1) is 0 Å². The molecule has 1 amide bonds. The highest BCUT2D eigenvalue weighted by Gasteiger charge is 2.23. The van der Waals surface area contributed by atoms with E-state index in [1.807, 2.05) is 53.1 Å². The highest BCUT2D eigenvalue weighted by Crippen LogP contribution is 2.37. The monoisotopic (exact) mass is 387 g/mol. The summed E-state index contributed by atoms with van der Waals surface area (Å²) in [4.78, 5) is 26.6. The van der Waals surface area contributed by atoms with Crippen molar-refractivity contribution in [3.63, 3.8) is 0 Å². The van der Waals surface area contributed by atoms with Crippen LogP contribution in [0.3, 0.4) is 0 Å². The number of halogens is 1. The molecule has 0 N–H and O–H groups in total. The molecule has 0 spiro atoms. The molecule has 0 aromatic heterocycles. The first-order valence-corrected chi connectivity index (χ1v) is 10.3. The number of carbonyl (C=O) groups is 2. The highest BCUT2D eigenvalue weighted by atomic mass is 35.5. The summed E-state index contributed by atoms with van der Waals surface area (Å²) in [5.41, 5.74) is 1.82. The Morgan fingerprint density at radius 2 is 1.73 bits per heavy atom. The van der Waals surface area contributed by atoms with Gasteiger partial charge in [-0.25, -0.2) is 0 Å². The number of benzene rings is 2. The van der Waals surface area contributed by atoms with Crippen LogP contribution >= 0.6 is 23.4 Å². The molecule has 26 heavy (non-hydrogen) atoms. The Balaban J connectivity index is 1.53. The summed E-state index contributed by atoms with van der Waals surface area (Å²) < 4.78 is 0. The fourth-order valence-corrected chi connectivity index (χ4v) is 4.75. The second kappa shape index (κ2) is 9.24. The Hall–Kier alpha value is -1.78. The van der Waals surface area contributed by atoms with Gasteiger partial charge in [0.25, 0.3) is 0 Å². The van der Waals surface area contributed by atoms with Gasteiger partial charge in [0.05, 0.1) is 0 Å². The summed E-state index contributed by atoms with van der Waals surface area (Å²) in [6, 6.07) is 17.1. The van der Waals surface area contributed by atoms with Crippen LogP contribution in [0, 0.1) is 0 Å². The molecule has 1 saturated heterocycles. The van der Waals surface area contributed by atoms with E-state index in [0.717, 1.165) is 29.3 Å². The molecular weight excluding hydrogens is 366 g/mol. The van der Waals surface area contributed by atoms with E-state index in [2.05, 4.69) is 6.07 Å². The van der Waals surface area contributed by atoms with Crippen LogP contribution in [-0.4, -0.2) is 35.4 Å². The standard InChI is InChI=1S/C21H22ClNO2S/c22-18-9-5-4-8-17(18)20-12-13-23(14-15-26-20)21(25)11-10-19(24)16-6-2-1-3-7-16/h1-9,20H,10-15H2/t20-/m0/s1. The topological polar surface area (TPSA) is 37.4 Å². The summed E-state index contributed by atoms with van der Waals surface area (Å²) in [6.45, 7) is 1.44. The first-order chi connectivity index (χ1) is 12.6. The minimum absolute atomic E-state index is 0.0251. The van der Waals surface area contributed by atoms with Crippen LogP contribution in [0.5, 0.6) is 0 Å². The van der Waals surface area contributed by atoms with Gasteiger partial charge in [-0.05, 0) is 18.1 Å². The summed E-state index contributed by atoms with van der Waals surface area (Å²) in [5, 5.41) is 1.10. The van der Waals surface area contributed by atoms with Gasteiger partial charge in [0, 0.05) is 47.5 Å². The number of hydrogen-bond acceptors (Lipinski definition) is 3. The molecule has 1 heterocycles. The molecule has 1 aliphatic heterocycles. The molecule has 1 atom stereocenters. The molecule has 0 bridgehead atoms. The lowest BCUT2D eigenvalue weighted by atomic mass is 10.1. The molecule has 3 nitrogen and oxygen atoms in total. The van der Waals surface area contributed by atoms with Crippen molar-refractivity contribution in [2.75, 3.05) is 18.8 Å². The van der Waals surface area contributed by atoms with E-state index >= 15 is 0 Å². The first kappa shape index (κ1) is 19.0. The van der Waals surface area contributed by atoms with Crippen LogP contribution in [0.4, 0.5) is 0 Å². The average molecular weight is 388 g/mol. The minimum Gasteiger partial charge on any atom is -0.342 e. The molecule has 1 aliphatic rings. The Bertz CT molecular complexity index is 766. The highest BCUT2D eigenvalue weighted by molar-refractivity contribution is 7.99. The fraction of sp³-hybridized carbons (Fsp3) is 0.333. The van der Waals surface area contributed by atoms with E-state index in [1.54, 1.807) is 12.1 Å². The van der Waals surface area contributed by atoms with Crippen molar-refractivity contribution in [2.45, 2.75) is 24.5 Å². The molecule has 0 saturated carbocycles. The van der Waals surface area contributed by atoms with E-state index in [0.29, 0.717) is 17.4 Å². The van der Waals surface area contributed by atoms with Gasteiger partial charge in [0.2, 0.25) is 5.91 Å². The van der Waals surface area contributed by atoms with Crippen molar-refractivity contribution in [1.82, 2.24) is 4.90 Å². The molecule has 3 rings (SSSR count). The summed E-state index contributed by atoms with van der Waals surface area (Å²) in [7, 11) is 0. The third-order valence-corrected chi connectivity index (χ3v) is 6.26. The molecule has 2 aromatic rings. The zero-order valence-electron chi connectivity index (χ0n) is 14.6. The van der Waals surface area contributed by atoms with Crippen molar-refractivity contribution in [3.8, 4) is 0 Å². The quantitative estimate of drug-likeness (QED) is 0.677.